The Balaban J connectivity index is 2.09. The lowest BCUT2D eigenvalue weighted by atomic mass is 10.1. The molecule has 0 unspecified atom stereocenters. The molecule has 0 spiro atoms. The standard InChI is InChI=1S/C16H11ClFN3O2/c17-12-7-5-10(6-8-12)15-14(16(22)23)19-20-21(15)9-11-3-1-2-4-13(11)18/h1-8H,9H2,(H,22,23). The van der Waals surface area contributed by atoms with Crippen LogP contribution in [0.2, 0.25) is 5.02 Å². The first-order valence-corrected chi connectivity index (χ1v) is 7.10. The molecule has 116 valence electrons. The van der Waals surface area contributed by atoms with E-state index in [1.165, 1.54) is 10.7 Å². The van der Waals surface area contributed by atoms with E-state index in [1.54, 1.807) is 42.5 Å². The maximum Gasteiger partial charge on any atom is 0.358 e. The molecule has 0 aliphatic heterocycles. The fraction of sp³-hybridized carbons (Fsp3) is 0.0625. The van der Waals surface area contributed by atoms with E-state index in [0.717, 1.165) is 0 Å². The van der Waals surface area contributed by atoms with Gasteiger partial charge in [-0.2, -0.15) is 0 Å². The number of rotatable bonds is 4. The molecule has 2 aromatic carbocycles. The van der Waals surface area contributed by atoms with Crippen molar-refractivity contribution in [2.24, 2.45) is 0 Å². The Morgan fingerprint density at radius 3 is 2.52 bits per heavy atom. The molecule has 0 saturated heterocycles. The second-order valence-corrected chi connectivity index (χ2v) is 5.28. The van der Waals surface area contributed by atoms with E-state index < -0.39 is 5.97 Å². The molecular formula is C16H11ClFN3O2. The van der Waals surface area contributed by atoms with Crippen LogP contribution in [0, 0.1) is 5.82 Å². The van der Waals surface area contributed by atoms with Crippen molar-refractivity contribution in [3.05, 3.63) is 70.6 Å². The zero-order valence-corrected chi connectivity index (χ0v) is 12.5. The van der Waals surface area contributed by atoms with Gasteiger partial charge in [0.1, 0.15) is 11.5 Å². The van der Waals surface area contributed by atoms with Crippen molar-refractivity contribution < 1.29 is 14.3 Å². The van der Waals surface area contributed by atoms with Gasteiger partial charge in [-0.3, -0.25) is 0 Å². The van der Waals surface area contributed by atoms with Crippen LogP contribution in [0.1, 0.15) is 16.1 Å². The van der Waals surface area contributed by atoms with Crippen LogP contribution in [-0.4, -0.2) is 26.1 Å². The number of hydrogen-bond acceptors (Lipinski definition) is 3. The van der Waals surface area contributed by atoms with Gasteiger partial charge in [0.05, 0.1) is 6.54 Å². The lowest BCUT2D eigenvalue weighted by molar-refractivity contribution is 0.0691. The number of carbonyl (C=O) groups is 1. The Hall–Kier alpha value is -2.73. The zero-order chi connectivity index (χ0) is 16.4. The van der Waals surface area contributed by atoms with Crippen molar-refractivity contribution in [2.75, 3.05) is 0 Å². The van der Waals surface area contributed by atoms with Gasteiger partial charge in [-0.1, -0.05) is 47.1 Å². The summed E-state index contributed by atoms with van der Waals surface area (Å²) >= 11 is 5.86. The summed E-state index contributed by atoms with van der Waals surface area (Å²) in [4.78, 5) is 11.4. The van der Waals surface area contributed by atoms with Crippen LogP contribution in [-0.2, 0) is 6.54 Å². The molecular weight excluding hydrogens is 321 g/mol. The first kappa shape index (κ1) is 15.2. The number of nitrogens with zero attached hydrogens (tertiary/aromatic N) is 3. The summed E-state index contributed by atoms with van der Waals surface area (Å²) < 4.78 is 15.2. The number of benzene rings is 2. The third kappa shape index (κ3) is 3.07. The number of aromatic nitrogens is 3. The number of carboxylic acid groups (broad SMARTS) is 1. The maximum absolute atomic E-state index is 13.8. The van der Waals surface area contributed by atoms with Crippen molar-refractivity contribution in [3.63, 3.8) is 0 Å². The molecule has 0 amide bonds. The van der Waals surface area contributed by atoms with Crippen molar-refractivity contribution in [2.45, 2.75) is 6.54 Å². The highest BCUT2D eigenvalue weighted by Crippen LogP contribution is 2.25. The van der Waals surface area contributed by atoms with Crippen LogP contribution in [0.15, 0.2) is 48.5 Å². The summed E-state index contributed by atoms with van der Waals surface area (Å²) in [6.07, 6.45) is 0. The number of halogens is 2. The number of hydrogen-bond donors (Lipinski definition) is 1. The molecule has 0 radical (unpaired) electrons. The van der Waals surface area contributed by atoms with Crippen LogP contribution in [0.3, 0.4) is 0 Å². The highest BCUT2D eigenvalue weighted by molar-refractivity contribution is 6.30. The van der Waals surface area contributed by atoms with Gasteiger partial charge in [-0.05, 0) is 18.2 Å². The van der Waals surface area contributed by atoms with Crippen LogP contribution in [0.25, 0.3) is 11.3 Å². The van der Waals surface area contributed by atoms with Gasteiger partial charge in [0, 0.05) is 16.1 Å². The first-order valence-electron chi connectivity index (χ1n) is 6.72. The number of carboxylic acids is 1. The van der Waals surface area contributed by atoms with Gasteiger partial charge in [0.2, 0.25) is 0 Å². The largest absolute Gasteiger partial charge is 0.476 e. The predicted molar refractivity (Wildman–Crippen MR) is 82.9 cm³/mol. The van der Waals surface area contributed by atoms with E-state index in [0.29, 0.717) is 21.8 Å². The Kier molecular flexibility index (Phi) is 4.08. The van der Waals surface area contributed by atoms with Crippen molar-refractivity contribution in [3.8, 4) is 11.3 Å². The first-order chi connectivity index (χ1) is 11.1. The summed E-state index contributed by atoms with van der Waals surface area (Å²) in [5.41, 5.74) is 1.10. The minimum absolute atomic E-state index is 0.0743. The van der Waals surface area contributed by atoms with E-state index >= 15 is 0 Å². The molecule has 5 nitrogen and oxygen atoms in total. The third-order valence-electron chi connectivity index (χ3n) is 3.33. The SMILES string of the molecule is O=C(O)c1nnn(Cc2ccccc2F)c1-c1ccc(Cl)cc1. The van der Waals surface area contributed by atoms with Gasteiger partial charge in [-0.25, -0.2) is 13.9 Å². The van der Waals surface area contributed by atoms with Gasteiger partial charge >= 0.3 is 5.97 Å². The van der Waals surface area contributed by atoms with E-state index in [-0.39, 0.29) is 18.1 Å². The minimum atomic E-state index is -1.20. The molecule has 7 heteroatoms. The molecule has 23 heavy (non-hydrogen) atoms. The van der Waals surface area contributed by atoms with E-state index in [4.69, 9.17) is 11.6 Å². The third-order valence-corrected chi connectivity index (χ3v) is 3.59. The Bertz CT molecular complexity index is 862. The Labute approximate surface area is 135 Å². The highest BCUT2D eigenvalue weighted by Gasteiger charge is 2.21. The average molecular weight is 332 g/mol. The summed E-state index contributed by atoms with van der Waals surface area (Å²) in [6, 6.07) is 12.9. The van der Waals surface area contributed by atoms with Crippen molar-refractivity contribution >= 4 is 17.6 Å². The van der Waals surface area contributed by atoms with Gasteiger partial charge in [0.25, 0.3) is 0 Å². The lowest BCUT2D eigenvalue weighted by Gasteiger charge is -2.08. The van der Waals surface area contributed by atoms with Crippen molar-refractivity contribution in [1.29, 1.82) is 0 Å². The van der Waals surface area contributed by atoms with Crippen LogP contribution >= 0.6 is 11.6 Å². The monoisotopic (exact) mass is 331 g/mol. The minimum Gasteiger partial charge on any atom is -0.476 e. The second kappa shape index (κ2) is 6.18. The molecule has 0 aliphatic carbocycles. The molecule has 1 heterocycles. The maximum atomic E-state index is 13.8. The molecule has 0 fully saturated rings. The van der Waals surface area contributed by atoms with E-state index in [9.17, 15) is 14.3 Å². The van der Waals surface area contributed by atoms with Crippen LogP contribution < -0.4 is 0 Å². The fourth-order valence-electron chi connectivity index (χ4n) is 2.25. The Morgan fingerprint density at radius 1 is 1.17 bits per heavy atom. The Morgan fingerprint density at radius 2 is 1.87 bits per heavy atom. The number of aromatic carboxylic acids is 1. The van der Waals surface area contributed by atoms with Gasteiger partial charge in [0.15, 0.2) is 5.69 Å². The molecule has 1 N–H and O–H groups in total. The summed E-state index contributed by atoms with van der Waals surface area (Å²) in [5.74, 6) is -1.59. The van der Waals surface area contributed by atoms with Gasteiger partial charge in [-0.15, -0.1) is 5.10 Å². The molecule has 3 rings (SSSR count). The summed E-state index contributed by atoms with van der Waals surface area (Å²) in [6.45, 7) is 0.0743. The average Bonchev–Trinajstić information content (AvgIpc) is 2.94. The van der Waals surface area contributed by atoms with E-state index in [1.807, 2.05) is 0 Å². The second-order valence-electron chi connectivity index (χ2n) is 4.85. The molecule has 0 aliphatic rings. The molecule has 3 aromatic rings. The fourth-order valence-corrected chi connectivity index (χ4v) is 2.38. The summed E-state index contributed by atoms with van der Waals surface area (Å²) in [5, 5.41) is 17.4. The lowest BCUT2D eigenvalue weighted by Crippen LogP contribution is -2.07. The molecule has 1 aromatic heterocycles. The molecule has 0 bridgehead atoms. The molecule has 0 saturated carbocycles. The van der Waals surface area contributed by atoms with Crippen LogP contribution in [0.5, 0.6) is 0 Å². The van der Waals surface area contributed by atoms with E-state index in [2.05, 4.69) is 10.3 Å². The quantitative estimate of drug-likeness (QED) is 0.794. The predicted octanol–water partition coefficient (Wildman–Crippen LogP) is 3.48. The van der Waals surface area contributed by atoms with Crippen molar-refractivity contribution in [1.82, 2.24) is 15.0 Å². The topological polar surface area (TPSA) is 68.0 Å². The smallest absolute Gasteiger partial charge is 0.358 e. The normalized spacial score (nSPS) is 10.7. The zero-order valence-electron chi connectivity index (χ0n) is 11.8. The molecule has 0 atom stereocenters. The highest BCUT2D eigenvalue weighted by atomic mass is 35.5. The van der Waals surface area contributed by atoms with Gasteiger partial charge < -0.3 is 5.11 Å². The van der Waals surface area contributed by atoms with Crippen LogP contribution in [0.4, 0.5) is 4.39 Å². The summed E-state index contributed by atoms with van der Waals surface area (Å²) in [7, 11) is 0.